The Balaban J connectivity index is 1.72. The fraction of sp³-hybridized carbons (Fsp3) is 0.167. The minimum Gasteiger partial charge on any atom is -0.350 e. The van der Waals surface area contributed by atoms with Crippen molar-refractivity contribution in [2.45, 2.75) is 6.42 Å². The van der Waals surface area contributed by atoms with Crippen LogP contribution in [0.4, 0.5) is 0 Å². The normalized spacial score (nSPS) is 10.9. The zero-order chi connectivity index (χ0) is 16.4. The molecule has 3 nitrogen and oxygen atoms in total. The Bertz CT molecular complexity index is 816. The molecule has 0 bridgehead atoms. The summed E-state index contributed by atoms with van der Waals surface area (Å²) in [4.78, 5) is 12.5. The minimum atomic E-state index is -0.0791. The Morgan fingerprint density at radius 1 is 1.17 bits per heavy atom. The lowest BCUT2D eigenvalue weighted by atomic mass is 10.1. The van der Waals surface area contributed by atoms with Gasteiger partial charge in [0.15, 0.2) is 0 Å². The highest BCUT2D eigenvalue weighted by Gasteiger charge is 2.18. The maximum atomic E-state index is 12.5. The van der Waals surface area contributed by atoms with E-state index >= 15 is 0 Å². The molecule has 0 saturated carbocycles. The Kier molecular flexibility index (Phi) is 4.74. The zero-order valence-corrected chi connectivity index (χ0v) is 15.0. The van der Waals surface area contributed by atoms with Crippen molar-refractivity contribution >= 4 is 44.3 Å². The summed E-state index contributed by atoms with van der Waals surface area (Å²) in [6.45, 7) is 0.578. The molecule has 0 aliphatic rings. The molecule has 3 aromatic rings. The van der Waals surface area contributed by atoms with E-state index in [-0.39, 0.29) is 5.91 Å². The average molecular weight is 392 g/mol. The van der Waals surface area contributed by atoms with Crippen LogP contribution < -0.4 is 5.32 Å². The summed E-state index contributed by atoms with van der Waals surface area (Å²) in [6.07, 6.45) is 0.768. The summed E-state index contributed by atoms with van der Waals surface area (Å²) >= 11 is 9.42. The molecule has 0 aliphatic heterocycles. The van der Waals surface area contributed by atoms with Crippen LogP contribution in [0.3, 0.4) is 0 Å². The molecule has 0 saturated heterocycles. The highest BCUT2D eigenvalue weighted by molar-refractivity contribution is 9.10. The van der Waals surface area contributed by atoms with Gasteiger partial charge in [-0.1, -0.05) is 41.9 Å². The quantitative estimate of drug-likeness (QED) is 0.694. The largest absolute Gasteiger partial charge is 0.350 e. The standard InChI is InChI=1S/C18H16BrClN2O/c1-22-15-5-3-2-4-14(15)16(19)17(22)18(23)21-11-10-12-6-8-13(20)9-7-12/h2-9H,10-11H2,1H3,(H,21,23). The number of aromatic nitrogens is 1. The van der Waals surface area contributed by atoms with Crippen molar-refractivity contribution in [3.05, 3.63) is 69.3 Å². The van der Waals surface area contributed by atoms with Crippen LogP contribution in [-0.4, -0.2) is 17.0 Å². The molecule has 2 aromatic carbocycles. The number of fused-ring (bicyclic) bond motifs is 1. The van der Waals surface area contributed by atoms with E-state index in [1.807, 2.05) is 60.1 Å². The summed E-state index contributed by atoms with van der Waals surface area (Å²) in [7, 11) is 1.90. The number of para-hydroxylation sites is 1. The summed E-state index contributed by atoms with van der Waals surface area (Å²) in [6, 6.07) is 15.6. The molecular weight excluding hydrogens is 376 g/mol. The number of halogens is 2. The average Bonchev–Trinajstić information content (AvgIpc) is 2.81. The molecule has 0 radical (unpaired) electrons. The lowest BCUT2D eigenvalue weighted by molar-refractivity contribution is 0.0945. The third-order valence-corrected chi connectivity index (χ3v) is 4.93. The first-order chi connectivity index (χ1) is 11.1. The van der Waals surface area contributed by atoms with E-state index in [9.17, 15) is 4.79 Å². The van der Waals surface area contributed by atoms with Gasteiger partial charge in [-0.25, -0.2) is 0 Å². The first-order valence-corrected chi connectivity index (χ1v) is 8.50. The number of nitrogens with one attached hydrogen (secondary N) is 1. The van der Waals surface area contributed by atoms with Gasteiger partial charge in [-0.05, 0) is 46.1 Å². The molecule has 0 fully saturated rings. The smallest absolute Gasteiger partial charge is 0.269 e. The van der Waals surface area contributed by atoms with Gasteiger partial charge in [-0.2, -0.15) is 0 Å². The van der Waals surface area contributed by atoms with Crippen molar-refractivity contribution in [3.63, 3.8) is 0 Å². The van der Waals surface area contributed by atoms with Crippen LogP contribution >= 0.6 is 27.5 Å². The predicted molar refractivity (Wildman–Crippen MR) is 98.1 cm³/mol. The molecule has 1 N–H and O–H groups in total. The first kappa shape index (κ1) is 16.1. The second-order valence-electron chi connectivity index (χ2n) is 5.37. The number of aryl methyl sites for hydroxylation is 1. The van der Waals surface area contributed by atoms with Crippen LogP contribution in [0.5, 0.6) is 0 Å². The van der Waals surface area contributed by atoms with Crippen molar-refractivity contribution in [2.24, 2.45) is 7.05 Å². The Labute approximate surface area is 148 Å². The maximum absolute atomic E-state index is 12.5. The van der Waals surface area contributed by atoms with Crippen LogP contribution in [0.1, 0.15) is 16.1 Å². The highest BCUT2D eigenvalue weighted by Crippen LogP contribution is 2.30. The molecule has 0 atom stereocenters. The van der Waals surface area contributed by atoms with E-state index in [1.165, 1.54) is 0 Å². The molecule has 0 unspecified atom stereocenters. The van der Waals surface area contributed by atoms with Gasteiger partial charge in [0, 0.05) is 29.5 Å². The first-order valence-electron chi connectivity index (χ1n) is 7.33. The number of rotatable bonds is 4. The third kappa shape index (κ3) is 3.28. The monoisotopic (exact) mass is 390 g/mol. The Hall–Kier alpha value is -1.78. The molecule has 3 rings (SSSR count). The summed E-state index contributed by atoms with van der Waals surface area (Å²) < 4.78 is 2.75. The van der Waals surface area contributed by atoms with Crippen LogP contribution in [0.25, 0.3) is 10.9 Å². The summed E-state index contributed by atoms with van der Waals surface area (Å²) in [5.41, 5.74) is 2.82. The fourth-order valence-electron chi connectivity index (χ4n) is 2.65. The van der Waals surface area contributed by atoms with Crippen LogP contribution in [0, 0.1) is 0 Å². The summed E-state index contributed by atoms with van der Waals surface area (Å²) in [5, 5.41) is 4.74. The van der Waals surface area contributed by atoms with Gasteiger partial charge in [-0.3, -0.25) is 4.79 Å². The SMILES string of the molecule is Cn1c(C(=O)NCCc2ccc(Cl)cc2)c(Br)c2ccccc21. The van der Waals surface area contributed by atoms with Crippen molar-refractivity contribution in [2.75, 3.05) is 6.54 Å². The molecule has 23 heavy (non-hydrogen) atoms. The fourth-order valence-corrected chi connectivity index (χ4v) is 3.56. The minimum absolute atomic E-state index is 0.0791. The number of hydrogen-bond donors (Lipinski definition) is 1. The van der Waals surface area contributed by atoms with Gasteiger partial charge < -0.3 is 9.88 Å². The molecule has 1 amide bonds. The van der Waals surface area contributed by atoms with Crippen LogP contribution in [0.2, 0.25) is 5.02 Å². The Morgan fingerprint density at radius 2 is 1.87 bits per heavy atom. The predicted octanol–water partition coefficient (Wildman–Crippen LogP) is 4.57. The molecule has 1 aromatic heterocycles. The van der Waals surface area contributed by atoms with E-state index in [1.54, 1.807) is 0 Å². The molecule has 0 spiro atoms. The van der Waals surface area contributed by atoms with E-state index in [0.29, 0.717) is 12.2 Å². The second kappa shape index (κ2) is 6.77. The van der Waals surface area contributed by atoms with Crippen LogP contribution in [0.15, 0.2) is 53.0 Å². The molecule has 1 heterocycles. The van der Waals surface area contributed by atoms with Crippen molar-refractivity contribution in [1.29, 1.82) is 0 Å². The molecular formula is C18H16BrClN2O. The number of hydrogen-bond acceptors (Lipinski definition) is 1. The van der Waals surface area contributed by atoms with Gasteiger partial charge in [0.1, 0.15) is 5.69 Å². The van der Waals surface area contributed by atoms with Gasteiger partial charge >= 0.3 is 0 Å². The van der Waals surface area contributed by atoms with Gasteiger partial charge in [0.25, 0.3) is 5.91 Å². The lowest BCUT2D eigenvalue weighted by Gasteiger charge is -2.07. The van der Waals surface area contributed by atoms with Crippen LogP contribution in [-0.2, 0) is 13.5 Å². The highest BCUT2D eigenvalue weighted by atomic mass is 79.9. The van der Waals surface area contributed by atoms with E-state index in [0.717, 1.165) is 32.4 Å². The van der Waals surface area contributed by atoms with E-state index in [4.69, 9.17) is 11.6 Å². The van der Waals surface area contributed by atoms with Crippen molar-refractivity contribution < 1.29 is 4.79 Å². The van der Waals surface area contributed by atoms with Gasteiger partial charge in [0.2, 0.25) is 0 Å². The maximum Gasteiger partial charge on any atom is 0.269 e. The second-order valence-corrected chi connectivity index (χ2v) is 6.60. The topological polar surface area (TPSA) is 34.0 Å². The zero-order valence-electron chi connectivity index (χ0n) is 12.6. The van der Waals surface area contributed by atoms with E-state index < -0.39 is 0 Å². The Morgan fingerprint density at radius 3 is 2.57 bits per heavy atom. The van der Waals surface area contributed by atoms with Crippen molar-refractivity contribution in [1.82, 2.24) is 9.88 Å². The van der Waals surface area contributed by atoms with Crippen molar-refractivity contribution in [3.8, 4) is 0 Å². The van der Waals surface area contributed by atoms with Gasteiger partial charge in [0.05, 0.1) is 4.47 Å². The molecule has 118 valence electrons. The third-order valence-electron chi connectivity index (χ3n) is 3.87. The number of carbonyl (C=O) groups excluding carboxylic acids is 1. The lowest BCUT2D eigenvalue weighted by Crippen LogP contribution is -2.27. The van der Waals surface area contributed by atoms with Gasteiger partial charge in [-0.15, -0.1) is 0 Å². The number of carbonyl (C=O) groups is 1. The number of benzene rings is 2. The number of nitrogens with zero attached hydrogens (tertiary/aromatic N) is 1. The summed E-state index contributed by atoms with van der Waals surface area (Å²) in [5.74, 6) is -0.0791. The molecule has 0 aliphatic carbocycles. The number of amides is 1. The van der Waals surface area contributed by atoms with E-state index in [2.05, 4.69) is 21.2 Å². The molecule has 5 heteroatoms.